The lowest BCUT2D eigenvalue weighted by atomic mass is 10.0. The average molecular weight is 293 g/mol. The first kappa shape index (κ1) is 13.5. The molecule has 2 unspecified atom stereocenters. The molecule has 1 amide bonds. The molecule has 0 N–H and O–H groups in total. The molecule has 4 nitrogen and oxygen atoms in total. The summed E-state index contributed by atoms with van der Waals surface area (Å²) in [7, 11) is 0. The zero-order chi connectivity index (χ0) is 14.9. The number of nitrogens with zero attached hydrogens (tertiary/aromatic N) is 3. The molecule has 1 aromatic carbocycles. The van der Waals surface area contributed by atoms with Crippen LogP contribution in [0.3, 0.4) is 0 Å². The number of hydrogen-bond donors (Lipinski definition) is 0. The van der Waals surface area contributed by atoms with Gasteiger partial charge in [-0.3, -0.25) is 14.7 Å². The van der Waals surface area contributed by atoms with Crippen LogP contribution in [0.15, 0.2) is 54.9 Å². The Morgan fingerprint density at radius 1 is 1.05 bits per heavy atom. The first-order valence-corrected chi connectivity index (χ1v) is 7.79. The van der Waals surface area contributed by atoms with Crippen LogP contribution in [0.1, 0.15) is 5.56 Å². The first-order valence-electron chi connectivity index (χ1n) is 7.79. The smallest absolute Gasteiger partial charge is 0.231 e. The zero-order valence-electron chi connectivity index (χ0n) is 12.4. The molecule has 0 spiro atoms. The average Bonchev–Trinajstić information content (AvgIpc) is 3.08. The van der Waals surface area contributed by atoms with E-state index in [2.05, 4.69) is 34.1 Å². The molecule has 0 radical (unpaired) electrons. The molecule has 112 valence electrons. The number of benzene rings is 1. The summed E-state index contributed by atoms with van der Waals surface area (Å²) in [5, 5.41) is 0. The second-order valence-electron chi connectivity index (χ2n) is 6.21. The highest BCUT2D eigenvalue weighted by Crippen LogP contribution is 2.35. The Morgan fingerprint density at radius 3 is 2.64 bits per heavy atom. The summed E-state index contributed by atoms with van der Waals surface area (Å²) in [5.74, 6) is 0.842. The SMILES string of the molecule is O=C1C2CN(Cc3ccccc3)CC2CN1c1cccnc1. The van der Waals surface area contributed by atoms with Gasteiger partial charge in [0.25, 0.3) is 0 Å². The summed E-state index contributed by atoms with van der Waals surface area (Å²) >= 11 is 0. The summed E-state index contributed by atoms with van der Waals surface area (Å²) in [6, 6.07) is 14.3. The molecule has 0 aliphatic carbocycles. The van der Waals surface area contributed by atoms with E-state index < -0.39 is 0 Å². The number of hydrogen-bond acceptors (Lipinski definition) is 3. The highest BCUT2D eigenvalue weighted by atomic mass is 16.2. The van der Waals surface area contributed by atoms with Gasteiger partial charge < -0.3 is 4.90 Å². The third-order valence-electron chi connectivity index (χ3n) is 4.72. The van der Waals surface area contributed by atoms with Crippen molar-refractivity contribution < 1.29 is 4.79 Å². The van der Waals surface area contributed by atoms with Crippen LogP contribution in [0.2, 0.25) is 0 Å². The minimum Gasteiger partial charge on any atom is -0.310 e. The molecular formula is C18H19N3O. The van der Waals surface area contributed by atoms with Crippen LogP contribution in [0.25, 0.3) is 0 Å². The maximum atomic E-state index is 12.7. The maximum absolute atomic E-state index is 12.7. The van der Waals surface area contributed by atoms with Gasteiger partial charge in [-0.1, -0.05) is 30.3 Å². The second-order valence-corrected chi connectivity index (χ2v) is 6.21. The number of aromatic nitrogens is 1. The Bertz CT molecular complexity index is 659. The van der Waals surface area contributed by atoms with Gasteiger partial charge in [-0.2, -0.15) is 0 Å². The number of fused-ring (bicyclic) bond motifs is 1. The van der Waals surface area contributed by atoms with E-state index in [0.717, 1.165) is 31.9 Å². The fraction of sp³-hybridized carbons (Fsp3) is 0.333. The standard InChI is InChI=1S/C18H19N3O/c22-18-17-13-20(10-14-5-2-1-3-6-14)11-15(17)12-21(18)16-7-4-8-19-9-16/h1-9,15,17H,10-13H2. The van der Waals surface area contributed by atoms with Crippen molar-refractivity contribution in [2.24, 2.45) is 11.8 Å². The molecular weight excluding hydrogens is 274 g/mol. The van der Waals surface area contributed by atoms with Crippen LogP contribution < -0.4 is 4.90 Å². The van der Waals surface area contributed by atoms with Gasteiger partial charge >= 0.3 is 0 Å². The maximum Gasteiger partial charge on any atom is 0.231 e. The Kier molecular flexibility index (Phi) is 3.39. The second kappa shape index (κ2) is 5.54. The van der Waals surface area contributed by atoms with E-state index in [9.17, 15) is 4.79 Å². The summed E-state index contributed by atoms with van der Waals surface area (Å²) < 4.78 is 0. The van der Waals surface area contributed by atoms with Crippen molar-refractivity contribution in [3.05, 3.63) is 60.4 Å². The molecule has 0 bridgehead atoms. The lowest BCUT2D eigenvalue weighted by molar-refractivity contribution is -0.120. The third-order valence-corrected chi connectivity index (χ3v) is 4.72. The van der Waals surface area contributed by atoms with Gasteiger partial charge in [-0.25, -0.2) is 0 Å². The minimum atomic E-state index is 0.143. The Balaban J connectivity index is 1.44. The van der Waals surface area contributed by atoms with Gasteiger partial charge in [0.2, 0.25) is 5.91 Å². The Hall–Kier alpha value is -2.20. The van der Waals surface area contributed by atoms with Crippen molar-refractivity contribution >= 4 is 11.6 Å². The number of likely N-dealkylation sites (tertiary alicyclic amines) is 1. The molecule has 4 heteroatoms. The number of carbonyl (C=O) groups is 1. The van der Waals surface area contributed by atoms with Crippen LogP contribution in [0, 0.1) is 11.8 Å². The predicted molar refractivity (Wildman–Crippen MR) is 85.3 cm³/mol. The Morgan fingerprint density at radius 2 is 1.91 bits per heavy atom. The highest BCUT2D eigenvalue weighted by Gasteiger charge is 2.46. The van der Waals surface area contributed by atoms with Crippen molar-refractivity contribution in [3.63, 3.8) is 0 Å². The van der Waals surface area contributed by atoms with Gasteiger partial charge in [0.1, 0.15) is 0 Å². The molecule has 0 saturated carbocycles. The lowest BCUT2D eigenvalue weighted by Crippen LogP contribution is -2.32. The van der Waals surface area contributed by atoms with Gasteiger partial charge in [0.15, 0.2) is 0 Å². The Labute approximate surface area is 130 Å². The summed E-state index contributed by atoms with van der Waals surface area (Å²) in [6.07, 6.45) is 3.52. The van der Waals surface area contributed by atoms with E-state index in [1.807, 2.05) is 23.1 Å². The van der Waals surface area contributed by atoms with E-state index in [-0.39, 0.29) is 11.8 Å². The van der Waals surface area contributed by atoms with Crippen LogP contribution in [-0.2, 0) is 11.3 Å². The largest absolute Gasteiger partial charge is 0.310 e. The molecule has 2 aliphatic rings. The van der Waals surface area contributed by atoms with Crippen LogP contribution >= 0.6 is 0 Å². The minimum absolute atomic E-state index is 0.143. The monoisotopic (exact) mass is 293 g/mol. The topological polar surface area (TPSA) is 36.4 Å². The quantitative estimate of drug-likeness (QED) is 0.870. The predicted octanol–water partition coefficient (Wildman–Crippen LogP) is 2.18. The number of anilines is 1. The fourth-order valence-corrected chi connectivity index (χ4v) is 3.67. The van der Waals surface area contributed by atoms with E-state index in [4.69, 9.17) is 0 Å². The van der Waals surface area contributed by atoms with E-state index in [0.29, 0.717) is 5.92 Å². The van der Waals surface area contributed by atoms with Crippen LogP contribution in [-0.4, -0.2) is 35.4 Å². The number of rotatable bonds is 3. The highest BCUT2D eigenvalue weighted by molar-refractivity contribution is 5.97. The molecule has 22 heavy (non-hydrogen) atoms. The van der Waals surface area contributed by atoms with Crippen LogP contribution in [0.4, 0.5) is 5.69 Å². The molecule has 2 aliphatic heterocycles. The van der Waals surface area contributed by atoms with Gasteiger partial charge in [0, 0.05) is 38.3 Å². The molecule has 4 rings (SSSR count). The van der Waals surface area contributed by atoms with Crippen LogP contribution in [0.5, 0.6) is 0 Å². The third kappa shape index (κ3) is 2.40. The fourth-order valence-electron chi connectivity index (χ4n) is 3.67. The van der Waals surface area contributed by atoms with Crippen molar-refractivity contribution in [2.75, 3.05) is 24.5 Å². The number of amides is 1. The molecule has 2 atom stereocenters. The normalized spacial score (nSPS) is 24.7. The van der Waals surface area contributed by atoms with Crippen molar-refractivity contribution in [3.8, 4) is 0 Å². The van der Waals surface area contributed by atoms with Crippen molar-refractivity contribution in [1.82, 2.24) is 9.88 Å². The van der Waals surface area contributed by atoms with E-state index in [1.54, 1.807) is 12.4 Å². The van der Waals surface area contributed by atoms with Gasteiger partial charge in [-0.05, 0) is 17.7 Å². The summed E-state index contributed by atoms with van der Waals surface area (Å²) in [5.41, 5.74) is 2.25. The lowest BCUT2D eigenvalue weighted by Gasteiger charge is -2.21. The summed E-state index contributed by atoms with van der Waals surface area (Å²) in [4.78, 5) is 21.1. The molecule has 2 fully saturated rings. The van der Waals surface area contributed by atoms with E-state index in [1.165, 1.54) is 5.56 Å². The van der Waals surface area contributed by atoms with Crippen molar-refractivity contribution in [1.29, 1.82) is 0 Å². The van der Waals surface area contributed by atoms with Crippen molar-refractivity contribution in [2.45, 2.75) is 6.54 Å². The van der Waals surface area contributed by atoms with Gasteiger partial charge in [-0.15, -0.1) is 0 Å². The van der Waals surface area contributed by atoms with E-state index >= 15 is 0 Å². The zero-order valence-corrected chi connectivity index (χ0v) is 12.4. The first-order chi connectivity index (χ1) is 10.8. The molecule has 2 aromatic rings. The van der Waals surface area contributed by atoms with Gasteiger partial charge in [0.05, 0.1) is 17.8 Å². The molecule has 1 aromatic heterocycles. The molecule has 2 saturated heterocycles. The number of carbonyl (C=O) groups excluding carboxylic acids is 1. The molecule has 3 heterocycles. The summed E-state index contributed by atoms with van der Waals surface area (Å²) in [6.45, 7) is 3.63. The number of pyridine rings is 1.